The lowest BCUT2D eigenvalue weighted by atomic mass is 10.1. The molecular weight excluding hydrogens is 450 g/mol. The summed E-state index contributed by atoms with van der Waals surface area (Å²) in [6.07, 6.45) is 5.28. The predicted octanol–water partition coefficient (Wildman–Crippen LogP) is 3.28. The van der Waals surface area contributed by atoms with Gasteiger partial charge in [-0.15, -0.1) is 20.4 Å². The van der Waals surface area contributed by atoms with E-state index in [4.69, 9.17) is 0 Å². The number of nitrogens with one attached hydrogen (secondary N) is 3. The first kappa shape index (κ1) is 21.8. The third kappa shape index (κ3) is 5.65. The largest absolute Gasteiger partial charge is 0.508 e. The first-order valence-corrected chi connectivity index (χ1v) is 11.6. The fraction of sp³-hybridized carbons (Fsp3) is 0.300. The van der Waals surface area contributed by atoms with Crippen molar-refractivity contribution in [2.75, 3.05) is 10.6 Å². The highest BCUT2D eigenvalue weighted by Crippen LogP contribution is 2.24. The minimum Gasteiger partial charge on any atom is -0.508 e. The highest BCUT2D eigenvalue weighted by molar-refractivity contribution is 7.15. The molecular formula is C20H21N7O3S2. The minimum atomic E-state index is -0.191. The summed E-state index contributed by atoms with van der Waals surface area (Å²) in [7, 11) is 0. The van der Waals surface area contributed by atoms with Crippen LogP contribution in [0.1, 0.15) is 35.3 Å². The highest BCUT2D eigenvalue weighted by atomic mass is 32.1. The van der Waals surface area contributed by atoms with Gasteiger partial charge in [-0.3, -0.25) is 9.59 Å². The van der Waals surface area contributed by atoms with Gasteiger partial charge in [-0.25, -0.2) is 0 Å². The van der Waals surface area contributed by atoms with Gasteiger partial charge in [0.05, 0.1) is 6.42 Å². The quantitative estimate of drug-likeness (QED) is 0.274. The molecule has 0 radical (unpaired) electrons. The van der Waals surface area contributed by atoms with Crippen LogP contribution in [0.15, 0.2) is 24.4 Å². The average Bonchev–Trinajstić information content (AvgIpc) is 3.46. The van der Waals surface area contributed by atoms with E-state index in [1.54, 1.807) is 24.4 Å². The van der Waals surface area contributed by atoms with Crippen LogP contribution in [0.25, 0.3) is 10.9 Å². The number of H-pyrrole nitrogens is 1. The Labute approximate surface area is 191 Å². The Hall–Kier alpha value is -3.38. The number of carbonyl (C=O) groups excluding carboxylic acids is 2. The molecule has 3 aromatic heterocycles. The van der Waals surface area contributed by atoms with Crippen LogP contribution >= 0.6 is 22.7 Å². The topological polar surface area (TPSA) is 146 Å². The van der Waals surface area contributed by atoms with E-state index in [0.717, 1.165) is 52.2 Å². The van der Waals surface area contributed by atoms with Crippen molar-refractivity contribution in [2.45, 2.75) is 39.0 Å². The molecule has 32 heavy (non-hydrogen) atoms. The molecule has 1 aromatic carbocycles. The molecule has 0 aliphatic rings. The second kappa shape index (κ2) is 9.83. The number of anilines is 2. The number of unbranched alkanes of at least 4 members (excludes halogenated alkanes) is 1. The van der Waals surface area contributed by atoms with E-state index < -0.39 is 0 Å². The molecule has 0 saturated heterocycles. The summed E-state index contributed by atoms with van der Waals surface area (Å²) in [5.41, 5.74) is 1.67. The number of phenols is 1. The third-order valence-corrected chi connectivity index (χ3v) is 6.39. The number of amides is 2. The molecule has 4 aromatic rings. The molecule has 0 fully saturated rings. The molecule has 12 heteroatoms. The lowest BCUT2D eigenvalue weighted by molar-refractivity contribution is -0.116. The standard InChI is InChI=1S/C20H21N7O3S2/c1-11(28)22-19-26-24-17(31-19)4-2-3-5-18-25-27-20(32-18)23-16(30)8-12-10-21-15-7-6-13(29)9-14(12)15/h6-7,9-10,21,29H,2-5,8H2,1H3,(H,22,26,28)(H,23,27,30). The van der Waals surface area contributed by atoms with Crippen molar-refractivity contribution in [1.82, 2.24) is 25.4 Å². The highest BCUT2D eigenvalue weighted by Gasteiger charge is 2.12. The van der Waals surface area contributed by atoms with E-state index in [1.165, 1.54) is 29.6 Å². The number of hydrogen-bond acceptors (Lipinski definition) is 9. The molecule has 2 amide bonds. The van der Waals surface area contributed by atoms with Gasteiger partial charge in [0.2, 0.25) is 22.1 Å². The first-order chi connectivity index (χ1) is 15.5. The van der Waals surface area contributed by atoms with Crippen molar-refractivity contribution >= 4 is 55.7 Å². The van der Waals surface area contributed by atoms with Crippen LogP contribution in [0.4, 0.5) is 10.3 Å². The summed E-state index contributed by atoms with van der Waals surface area (Å²) in [6.45, 7) is 1.44. The number of carbonyl (C=O) groups is 2. The van der Waals surface area contributed by atoms with E-state index in [2.05, 4.69) is 36.0 Å². The Bertz CT molecular complexity index is 1250. The van der Waals surface area contributed by atoms with Crippen molar-refractivity contribution in [3.63, 3.8) is 0 Å². The Kier molecular flexibility index (Phi) is 6.71. The van der Waals surface area contributed by atoms with Gasteiger partial charge < -0.3 is 20.7 Å². The number of phenolic OH excluding ortho intramolecular Hbond substituents is 1. The van der Waals surface area contributed by atoms with Crippen molar-refractivity contribution < 1.29 is 14.7 Å². The summed E-state index contributed by atoms with van der Waals surface area (Å²) in [5, 5.41) is 34.8. The maximum atomic E-state index is 12.4. The third-order valence-electron chi connectivity index (χ3n) is 4.60. The number of aromatic nitrogens is 5. The zero-order valence-electron chi connectivity index (χ0n) is 17.2. The molecule has 0 atom stereocenters. The monoisotopic (exact) mass is 471 g/mol. The van der Waals surface area contributed by atoms with Crippen molar-refractivity contribution in [3.05, 3.63) is 40.0 Å². The predicted molar refractivity (Wildman–Crippen MR) is 123 cm³/mol. The Morgan fingerprint density at radius 3 is 2.31 bits per heavy atom. The number of hydrogen-bond donors (Lipinski definition) is 4. The van der Waals surface area contributed by atoms with Gasteiger partial charge in [0.25, 0.3) is 0 Å². The van der Waals surface area contributed by atoms with Gasteiger partial charge in [0, 0.05) is 36.9 Å². The van der Waals surface area contributed by atoms with Crippen LogP contribution in [-0.4, -0.2) is 42.3 Å². The molecule has 0 aliphatic carbocycles. The molecule has 0 saturated carbocycles. The summed E-state index contributed by atoms with van der Waals surface area (Å²) >= 11 is 2.74. The number of aryl methyl sites for hydroxylation is 2. The van der Waals surface area contributed by atoms with Gasteiger partial charge in [-0.1, -0.05) is 22.7 Å². The fourth-order valence-corrected chi connectivity index (χ4v) is 4.79. The SMILES string of the molecule is CC(=O)Nc1nnc(CCCCc2nnc(NC(=O)Cc3c[nH]c4ccc(O)cc34)s2)s1. The lowest BCUT2D eigenvalue weighted by Gasteiger charge is -2.01. The fourth-order valence-electron chi connectivity index (χ4n) is 3.16. The first-order valence-electron chi connectivity index (χ1n) is 9.97. The molecule has 0 aliphatic heterocycles. The van der Waals surface area contributed by atoms with E-state index in [9.17, 15) is 14.7 Å². The van der Waals surface area contributed by atoms with Crippen LogP contribution in [0.2, 0.25) is 0 Å². The summed E-state index contributed by atoms with van der Waals surface area (Å²) < 4.78 is 0. The van der Waals surface area contributed by atoms with Crippen molar-refractivity contribution in [1.29, 1.82) is 0 Å². The molecule has 166 valence electrons. The van der Waals surface area contributed by atoms with Crippen LogP contribution in [0.3, 0.4) is 0 Å². The van der Waals surface area contributed by atoms with Gasteiger partial charge in [-0.05, 0) is 36.6 Å². The molecule has 4 rings (SSSR count). The van der Waals surface area contributed by atoms with Crippen LogP contribution < -0.4 is 10.6 Å². The van der Waals surface area contributed by atoms with Gasteiger partial charge in [-0.2, -0.15) is 0 Å². The molecule has 3 heterocycles. The number of aromatic hydroxyl groups is 1. The van der Waals surface area contributed by atoms with E-state index in [1.807, 2.05) is 0 Å². The molecule has 0 spiro atoms. The van der Waals surface area contributed by atoms with Gasteiger partial charge in [0.1, 0.15) is 15.8 Å². The molecule has 0 unspecified atom stereocenters. The minimum absolute atomic E-state index is 0.159. The smallest absolute Gasteiger partial charge is 0.230 e. The summed E-state index contributed by atoms with van der Waals surface area (Å²) in [5.74, 6) is -0.192. The molecule has 4 N–H and O–H groups in total. The lowest BCUT2D eigenvalue weighted by Crippen LogP contribution is -2.14. The number of nitrogens with zero attached hydrogens (tertiary/aromatic N) is 4. The maximum Gasteiger partial charge on any atom is 0.230 e. The molecule has 10 nitrogen and oxygen atoms in total. The van der Waals surface area contributed by atoms with E-state index in [0.29, 0.717) is 10.3 Å². The Morgan fingerprint density at radius 1 is 1.00 bits per heavy atom. The van der Waals surface area contributed by atoms with Crippen LogP contribution in [0.5, 0.6) is 5.75 Å². The summed E-state index contributed by atoms with van der Waals surface area (Å²) in [4.78, 5) is 26.5. The Balaban J connectivity index is 1.23. The van der Waals surface area contributed by atoms with Crippen LogP contribution in [-0.2, 0) is 28.9 Å². The summed E-state index contributed by atoms with van der Waals surface area (Å²) in [6, 6.07) is 5.01. The number of fused-ring (bicyclic) bond motifs is 1. The number of rotatable bonds is 9. The van der Waals surface area contributed by atoms with Crippen molar-refractivity contribution in [2.24, 2.45) is 0 Å². The maximum absolute atomic E-state index is 12.4. The zero-order chi connectivity index (χ0) is 22.5. The molecule has 0 bridgehead atoms. The van der Waals surface area contributed by atoms with Gasteiger partial charge in [0.15, 0.2) is 0 Å². The second-order valence-electron chi connectivity index (χ2n) is 7.16. The number of benzene rings is 1. The van der Waals surface area contributed by atoms with Crippen molar-refractivity contribution in [3.8, 4) is 5.75 Å². The van der Waals surface area contributed by atoms with Gasteiger partial charge >= 0.3 is 0 Å². The average molecular weight is 472 g/mol. The Morgan fingerprint density at radius 2 is 1.66 bits per heavy atom. The second-order valence-corrected chi connectivity index (χ2v) is 9.28. The number of aromatic amines is 1. The van der Waals surface area contributed by atoms with E-state index in [-0.39, 0.29) is 24.0 Å². The zero-order valence-corrected chi connectivity index (χ0v) is 18.8. The normalized spacial score (nSPS) is 11.0. The van der Waals surface area contributed by atoms with Crippen LogP contribution in [0, 0.1) is 0 Å². The van der Waals surface area contributed by atoms with E-state index >= 15 is 0 Å².